The smallest absolute Gasteiger partial charge is 0.290 e. The molecule has 0 amide bonds. The molecule has 0 saturated carbocycles. The van der Waals surface area contributed by atoms with E-state index < -0.39 is 6.10 Å². The van der Waals surface area contributed by atoms with E-state index in [0.717, 1.165) is 11.5 Å². The molecular weight excluding hydrogens is 258 g/mol. The number of hydrogen-bond donors (Lipinski definition) is 2. The van der Waals surface area contributed by atoms with Crippen molar-refractivity contribution in [3.8, 4) is 11.7 Å². The molecule has 0 fully saturated rings. The van der Waals surface area contributed by atoms with Gasteiger partial charge >= 0.3 is 0 Å². The highest BCUT2D eigenvalue weighted by molar-refractivity contribution is 5.26. The van der Waals surface area contributed by atoms with E-state index in [1.165, 1.54) is 0 Å². The Kier molecular flexibility index (Phi) is 5.61. The molecule has 20 heavy (non-hydrogen) atoms. The summed E-state index contributed by atoms with van der Waals surface area (Å²) in [6.45, 7) is 1.29. The van der Waals surface area contributed by atoms with Crippen LogP contribution in [0.15, 0.2) is 46.9 Å². The van der Waals surface area contributed by atoms with Crippen molar-refractivity contribution < 1.29 is 19.0 Å². The molecule has 1 heterocycles. The Labute approximate surface area is 118 Å². The van der Waals surface area contributed by atoms with Gasteiger partial charge in [0.25, 0.3) is 5.95 Å². The summed E-state index contributed by atoms with van der Waals surface area (Å²) in [4.78, 5) is 0. The van der Waals surface area contributed by atoms with Crippen LogP contribution in [0, 0.1) is 0 Å². The summed E-state index contributed by atoms with van der Waals surface area (Å²) in [7, 11) is 1.56. The number of rotatable bonds is 8. The zero-order valence-corrected chi connectivity index (χ0v) is 11.4. The largest absolute Gasteiger partial charge is 0.429 e. The summed E-state index contributed by atoms with van der Waals surface area (Å²) in [5.41, 5.74) is 0. The first-order valence-corrected chi connectivity index (χ1v) is 6.47. The molecule has 0 aliphatic rings. The predicted octanol–water partition coefficient (Wildman–Crippen LogP) is 2.17. The Balaban J connectivity index is 1.78. The Morgan fingerprint density at radius 3 is 2.75 bits per heavy atom. The van der Waals surface area contributed by atoms with Crippen LogP contribution in [0.3, 0.4) is 0 Å². The van der Waals surface area contributed by atoms with Gasteiger partial charge in [-0.2, -0.15) is 0 Å². The predicted molar refractivity (Wildman–Crippen MR) is 74.8 cm³/mol. The number of aliphatic hydroxyl groups excluding tert-OH is 1. The van der Waals surface area contributed by atoms with E-state index >= 15 is 0 Å². The maximum atomic E-state index is 9.48. The van der Waals surface area contributed by atoms with Crippen molar-refractivity contribution >= 4 is 0 Å². The summed E-state index contributed by atoms with van der Waals surface area (Å²) in [6, 6.07) is 13.1. The summed E-state index contributed by atoms with van der Waals surface area (Å²) in [5, 5.41) is 12.6. The lowest BCUT2D eigenvalue weighted by molar-refractivity contribution is 0.0641. The maximum Gasteiger partial charge on any atom is 0.290 e. The second-order valence-electron chi connectivity index (χ2n) is 4.38. The van der Waals surface area contributed by atoms with E-state index in [9.17, 15) is 5.11 Å². The van der Waals surface area contributed by atoms with Gasteiger partial charge < -0.3 is 24.3 Å². The van der Waals surface area contributed by atoms with Crippen molar-refractivity contribution in [3.05, 3.63) is 48.2 Å². The minimum atomic E-state index is -0.519. The molecule has 2 aromatic rings. The fourth-order valence-corrected chi connectivity index (χ4v) is 1.73. The monoisotopic (exact) mass is 277 g/mol. The Morgan fingerprint density at radius 2 is 2.00 bits per heavy atom. The van der Waals surface area contributed by atoms with Gasteiger partial charge in [0, 0.05) is 19.7 Å². The third-order valence-corrected chi connectivity index (χ3v) is 2.64. The topological polar surface area (TPSA) is 63.9 Å². The molecule has 0 radical (unpaired) electrons. The summed E-state index contributed by atoms with van der Waals surface area (Å²) in [5.74, 6) is 1.93. The molecule has 1 aromatic heterocycles. The number of ether oxygens (including phenoxy) is 2. The van der Waals surface area contributed by atoms with Gasteiger partial charge in [-0.1, -0.05) is 18.2 Å². The van der Waals surface area contributed by atoms with Gasteiger partial charge in [0.15, 0.2) is 0 Å². The number of hydrogen-bond acceptors (Lipinski definition) is 5. The zero-order chi connectivity index (χ0) is 14.2. The van der Waals surface area contributed by atoms with E-state index in [0.29, 0.717) is 25.6 Å². The third kappa shape index (κ3) is 4.70. The van der Waals surface area contributed by atoms with Crippen LogP contribution in [-0.4, -0.2) is 31.5 Å². The Morgan fingerprint density at radius 1 is 1.20 bits per heavy atom. The Hall–Kier alpha value is -1.82. The minimum absolute atomic E-state index is 0.313. The van der Waals surface area contributed by atoms with Crippen LogP contribution in [0.1, 0.15) is 5.76 Å². The van der Waals surface area contributed by atoms with Gasteiger partial charge in [-0.3, -0.25) is 0 Å². The summed E-state index contributed by atoms with van der Waals surface area (Å²) in [6.07, 6.45) is -0.519. The van der Waals surface area contributed by atoms with Gasteiger partial charge in [-0.05, 0) is 18.2 Å². The van der Waals surface area contributed by atoms with Crippen molar-refractivity contribution in [1.29, 1.82) is 0 Å². The molecule has 2 rings (SSSR count). The van der Waals surface area contributed by atoms with Gasteiger partial charge in [0.1, 0.15) is 11.5 Å². The van der Waals surface area contributed by atoms with E-state index in [2.05, 4.69) is 5.32 Å². The highest BCUT2D eigenvalue weighted by atomic mass is 16.6. The first kappa shape index (κ1) is 14.6. The molecule has 5 heteroatoms. The van der Waals surface area contributed by atoms with Crippen molar-refractivity contribution in [1.82, 2.24) is 5.32 Å². The molecular formula is C15H19NO4. The summed E-state index contributed by atoms with van der Waals surface area (Å²) < 4.78 is 15.9. The highest BCUT2D eigenvalue weighted by Crippen LogP contribution is 2.23. The molecule has 0 bridgehead atoms. The van der Waals surface area contributed by atoms with E-state index in [1.807, 2.05) is 36.4 Å². The van der Waals surface area contributed by atoms with Crippen molar-refractivity contribution in [2.24, 2.45) is 0 Å². The average Bonchev–Trinajstić information content (AvgIpc) is 2.88. The van der Waals surface area contributed by atoms with Crippen LogP contribution in [0.4, 0.5) is 0 Å². The normalized spacial score (nSPS) is 12.3. The van der Waals surface area contributed by atoms with E-state index in [-0.39, 0.29) is 0 Å². The number of methoxy groups -OCH3 is 1. The van der Waals surface area contributed by atoms with E-state index in [1.54, 1.807) is 13.2 Å². The van der Waals surface area contributed by atoms with Crippen LogP contribution in [0.25, 0.3) is 0 Å². The lowest BCUT2D eigenvalue weighted by Gasteiger charge is -2.09. The van der Waals surface area contributed by atoms with Crippen LogP contribution >= 0.6 is 0 Å². The number of furan rings is 1. The molecule has 0 spiro atoms. The molecule has 1 aromatic carbocycles. The second-order valence-corrected chi connectivity index (χ2v) is 4.38. The first-order valence-electron chi connectivity index (χ1n) is 6.47. The fraction of sp³-hybridized carbons (Fsp3) is 0.333. The third-order valence-electron chi connectivity index (χ3n) is 2.64. The van der Waals surface area contributed by atoms with Gasteiger partial charge in [0.2, 0.25) is 0 Å². The summed E-state index contributed by atoms with van der Waals surface area (Å²) >= 11 is 0. The number of para-hydroxylation sites is 1. The zero-order valence-electron chi connectivity index (χ0n) is 11.4. The highest BCUT2D eigenvalue weighted by Gasteiger charge is 2.06. The van der Waals surface area contributed by atoms with Crippen LogP contribution in [-0.2, 0) is 11.3 Å². The van der Waals surface area contributed by atoms with Crippen molar-refractivity contribution in [3.63, 3.8) is 0 Å². The Bertz CT molecular complexity index is 498. The average molecular weight is 277 g/mol. The fourth-order valence-electron chi connectivity index (χ4n) is 1.73. The molecule has 1 unspecified atom stereocenters. The second kappa shape index (κ2) is 7.69. The van der Waals surface area contributed by atoms with Gasteiger partial charge in [0.05, 0.1) is 19.3 Å². The maximum absolute atomic E-state index is 9.48. The van der Waals surface area contributed by atoms with E-state index in [4.69, 9.17) is 13.9 Å². The molecule has 1 atom stereocenters. The molecule has 0 aliphatic carbocycles. The van der Waals surface area contributed by atoms with Crippen LogP contribution in [0.2, 0.25) is 0 Å². The van der Waals surface area contributed by atoms with Crippen LogP contribution < -0.4 is 10.1 Å². The van der Waals surface area contributed by atoms with Gasteiger partial charge in [-0.25, -0.2) is 0 Å². The molecule has 0 saturated heterocycles. The molecule has 0 aliphatic heterocycles. The minimum Gasteiger partial charge on any atom is -0.429 e. The number of aliphatic hydroxyl groups is 1. The SMILES string of the molecule is COCC(O)CNCc1ccc(Oc2ccccc2)o1. The van der Waals surface area contributed by atoms with Gasteiger partial charge in [-0.15, -0.1) is 0 Å². The standard InChI is InChI=1S/C15H19NO4/c1-18-11-12(17)9-16-10-14-7-8-15(20-14)19-13-5-3-2-4-6-13/h2-8,12,16-17H,9-11H2,1H3. The lowest BCUT2D eigenvalue weighted by atomic mass is 10.3. The molecule has 5 nitrogen and oxygen atoms in total. The van der Waals surface area contributed by atoms with Crippen molar-refractivity contribution in [2.75, 3.05) is 20.3 Å². The lowest BCUT2D eigenvalue weighted by Crippen LogP contribution is -2.29. The molecule has 108 valence electrons. The van der Waals surface area contributed by atoms with Crippen molar-refractivity contribution in [2.45, 2.75) is 12.6 Å². The first-order chi connectivity index (χ1) is 9.78. The quantitative estimate of drug-likeness (QED) is 0.774. The molecule has 2 N–H and O–H groups in total. The van der Waals surface area contributed by atoms with Crippen LogP contribution in [0.5, 0.6) is 11.7 Å². The number of benzene rings is 1. The number of nitrogens with one attached hydrogen (secondary N) is 1.